The van der Waals surface area contributed by atoms with Gasteiger partial charge in [-0.05, 0) is 38.0 Å². The maximum absolute atomic E-state index is 12.7. The lowest BCUT2D eigenvalue weighted by atomic mass is 10.1. The number of aromatic nitrogens is 2. The van der Waals surface area contributed by atoms with Crippen molar-refractivity contribution in [1.29, 1.82) is 0 Å². The third-order valence-electron chi connectivity index (χ3n) is 5.62. The van der Waals surface area contributed by atoms with Gasteiger partial charge in [0, 0.05) is 57.6 Å². The molecule has 3 rings (SSSR count). The zero-order valence-electron chi connectivity index (χ0n) is 18.3. The smallest absolute Gasteiger partial charge is 0.352 e. The van der Waals surface area contributed by atoms with E-state index in [1.54, 1.807) is 19.2 Å². The molecule has 0 saturated carbocycles. The molecule has 2 aromatic rings. The molecule has 2 heterocycles. The van der Waals surface area contributed by atoms with Crippen LogP contribution in [0.5, 0.6) is 0 Å². The molecule has 1 aromatic heterocycles. The Hall–Kier alpha value is -1.82. The average molecular weight is 550 g/mol. The molecular formula is C21H30F3IN6. The van der Waals surface area contributed by atoms with Gasteiger partial charge in [-0.1, -0.05) is 12.1 Å². The van der Waals surface area contributed by atoms with Crippen LogP contribution in [-0.4, -0.2) is 46.8 Å². The van der Waals surface area contributed by atoms with Crippen LogP contribution >= 0.6 is 24.0 Å². The Morgan fingerprint density at radius 2 is 1.90 bits per heavy atom. The largest absolute Gasteiger partial charge is 0.416 e. The number of hydrogen-bond donors (Lipinski definition) is 2. The van der Waals surface area contributed by atoms with Crippen molar-refractivity contribution in [3.8, 4) is 0 Å². The van der Waals surface area contributed by atoms with Gasteiger partial charge in [0.05, 0.1) is 11.3 Å². The second-order valence-electron chi connectivity index (χ2n) is 7.76. The number of benzene rings is 1. The van der Waals surface area contributed by atoms with Crippen LogP contribution in [-0.2, 0) is 26.3 Å². The highest BCUT2D eigenvalue weighted by molar-refractivity contribution is 14.0. The molecule has 1 atom stereocenters. The summed E-state index contributed by atoms with van der Waals surface area (Å²) in [5.74, 6) is 0.735. The molecule has 1 saturated heterocycles. The number of halogens is 4. The van der Waals surface area contributed by atoms with E-state index in [2.05, 4.69) is 25.6 Å². The van der Waals surface area contributed by atoms with Gasteiger partial charge in [-0.3, -0.25) is 14.6 Å². The third-order valence-corrected chi connectivity index (χ3v) is 5.62. The second kappa shape index (κ2) is 10.7. The van der Waals surface area contributed by atoms with Gasteiger partial charge in [0.25, 0.3) is 0 Å². The highest BCUT2D eigenvalue weighted by atomic mass is 127. The lowest BCUT2D eigenvalue weighted by Gasteiger charge is -2.19. The van der Waals surface area contributed by atoms with Crippen molar-refractivity contribution >= 4 is 29.9 Å². The topological polar surface area (TPSA) is 57.5 Å². The van der Waals surface area contributed by atoms with E-state index >= 15 is 0 Å². The van der Waals surface area contributed by atoms with Gasteiger partial charge in [0.1, 0.15) is 0 Å². The van der Waals surface area contributed by atoms with E-state index in [1.807, 2.05) is 25.6 Å². The molecule has 2 N–H and O–H groups in total. The summed E-state index contributed by atoms with van der Waals surface area (Å²) in [5.41, 5.74) is 3.56. The quantitative estimate of drug-likeness (QED) is 0.340. The average Bonchev–Trinajstić information content (AvgIpc) is 3.22. The number of hydrogen-bond acceptors (Lipinski definition) is 3. The number of nitrogens with one attached hydrogen (secondary N) is 2. The van der Waals surface area contributed by atoms with E-state index in [1.165, 1.54) is 0 Å². The molecule has 1 fully saturated rings. The van der Waals surface area contributed by atoms with Crippen molar-refractivity contribution in [3.05, 3.63) is 52.3 Å². The van der Waals surface area contributed by atoms with Crippen molar-refractivity contribution in [2.24, 2.45) is 12.0 Å². The molecule has 31 heavy (non-hydrogen) atoms. The fourth-order valence-corrected chi connectivity index (χ4v) is 3.78. The van der Waals surface area contributed by atoms with Gasteiger partial charge in [-0.15, -0.1) is 24.0 Å². The maximum atomic E-state index is 12.7. The summed E-state index contributed by atoms with van der Waals surface area (Å²) < 4.78 is 40.0. The van der Waals surface area contributed by atoms with Crippen LogP contribution < -0.4 is 10.6 Å². The number of alkyl halides is 3. The Labute approximate surface area is 198 Å². The zero-order chi connectivity index (χ0) is 21.9. The van der Waals surface area contributed by atoms with Gasteiger partial charge in [0.15, 0.2) is 5.96 Å². The molecule has 172 valence electrons. The first-order valence-electron chi connectivity index (χ1n) is 10.0. The number of aryl methyl sites for hydroxylation is 2. The van der Waals surface area contributed by atoms with E-state index < -0.39 is 11.7 Å². The summed E-state index contributed by atoms with van der Waals surface area (Å²) in [5, 5.41) is 11.2. The lowest BCUT2D eigenvalue weighted by Crippen LogP contribution is -2.44. The molecule has 0 aliphatic carbocycles. The van der Waals surface area contributed by atoms with Crippen LogP contribution in [0.15, 0.2) is 29.3 Å². The van der Waals surface area contributed by atoms with Gasteiger partial charge in [-0.2, -0.15) is 18.3 Å². The summed E-state index contributed by atoms with van der Waals surface area (Å²) >= 11 is 0. The van der Waals surface area contributed by atoms with Gasteiger partial charge >= 0.3 is 6.18 Å². The van der Waals surface area contributed by atoms with Gasteiger partial charge in [-0.25, -0.2) is 0 Å². The highest BCUT2D eigenvalue weighted by Crippen LogP contribution is 2.29. The van der Waals surface area contributed by atoms with Crippen LogP contribution in [0.2, 0.25) is 0 Å². The van der Waals surface area contributed by atoms with Crippen molar-refractivity contribution in [2.75, 3.05) is 20.1 Å². The van der Waals surface area contributed by atoms with E-state index in [-0.39, 0.29) is 30.0 Å². The van der Waals surface area contributed by atoms with Crippen LogP contribution in [0, 0.1) is 13.8 Å². The van der Waals surface area contributed by atoms with E-state index in [4.69, 9.17) is 0 Å². The highest BCUT2D eigenvalue weighted by Gasteiger charge is 2.30. The van der Waals surface area contributed by atoms with E-state index in [0.717, 1.165) is 60.1 Å². The first kappa shape index (κ1) is 25.4. The fourth-order valence-electron chi connectivity index (χ4n) is 3.78. The van der Waals surface area contributed by atoms with Crippen LogP contribution in [0.25, 0.3) is 0 Å². The summed E-state index contributed by atoms with van der Waals surface area (Å²) in [6.07, 6.45) is -3.34. The van der Waals surface area contributed by atoms with Crippen LogP contribution in [0.4, 0.5) is 13.2 Å². The van der Waals surface area contributed by atoms with Gasteiger partial charge in [0.2, 0.25) is 0 Å². The molecular weight excluding hydrogens is 520 g/mol. The lowest BCUT2D eigenvalue weighted by molar-refractivity contribution is -0.137. The number of nitrogens with zero attached hydrogens (tertiary/aromatic N) is 4. The SMILES string of the molecule is CN=C(NCc1c(C)nn(C)c1C)NC1CCN(Cc2ccc(C(F)(F)F)cc2)C1.I. The molecule has 0 amide bonds. The van der Waals surface area contributed by atoms with Crippen molar-refractivity contribution < 1.29 is 13.2 Å². The molecule has 10 heteroatoms. The standard InChI is InChI=1S/C21H29F3N6.HI/c1-14-19(15(2)29(4)28-14)11-26-20(25-3)27-18-9-10-30(13-18)12-16-5-7-17(8-6-16)21(22,23)24;/h5-8,18H,9-13H2,1-4H3,(H2,25,26,27);1H. The first-order valence-corrected chi connectivity index (χ1v) is 10.0. The molecule has 0 spiro atoms. The summed E-state index contributed by atoms with van der Waals surface area (Å²) in [6.45, 7) is 7.02. The molecule has 0 bridgehead atoms. The minimum absolute atomic E-state index is 0. The molecule has 6 nitrogen and oxygen atoms in total. The molecule has 1 unspecified atom stereocenters. The van der Waals surface area contributed by atoms with Crippen molar-refractivity contribution in [2.45, 2.75) is 45.6 Å². The maximum Gasteiger partial charge on any atom is 0.416 e. The summed E-state index contributed by atoms with van der Waals surface area (Å²) in [7, 11) is 3.68. The predicted octanol–water partition coefficient (Wildman–Crippen LogP) is 3.61. The Morgan fingerprint density at radius 1 is 1.23 bits per heavy atom. The minimum atomic E-state index is -4.29. The normalized spacial score (nSPS) is 17.5. The summed E-state index contributed by atoms with van der Waals surface area (Å²) in [6, 6.07) is 5.65. The number of likely N-dealkylation sites (tertiary alicyclic amines) is 1. The molecule has 1 aliphatic rings. The number of guanidine groups is 1. The molecule has 1 aliphatic heterocycles. The number of aliphatic imine (C=N–C) groups is 1. The van der Waals surface area contributed by atoms with E-state index in [9.17, 15) is 13.2 Å². The Balaban J connectivity index is 0.00000341. The number of rotatable bonds is 5. The van der Waals surface area contributed by atoms with Crippen LogP contribution in [0.3, 0.4) is 0 Å². The predicted molar refractivity (Wildman–Crippen MR) is 127 cm³/mol. The van der Waals surface area contributed by atoms with Gasteiger partial charge < -0.3 is 10.6 Å². The Kier molecular flexibility index (Phi) is 8.75. The fraction of sp³-hybridized carbons (Fsp3) is 0.524. The summed E-state index contributed by atoms with van der Waals surface area (Å²) in [4.78, 5) is 6.56. The molecule has 0 radical (unpaired) electrons. The first-order chi connectivity index (χ1) is 14.2. The van der Waals surface area contributed by atoms with Crippen molar-refractivity contribution in [1.82, 2.24) is 25.3 Å². The van der Waals surface area contributed by atoms with E-state index in [0.29, 0.717) is 13.1 Å². The third kappa shape index (κ3) is 6.58. The minimum Gasteiger partial charge on any atom is -0.352 e. The van der Waals surface area contributed by atoms with Crippen LogP contribution in [0.1, 0.15) is 34.5 Å². The Bertz CT molecular complexity index is 892. The zero-order valence-corrected chi connectivity index (χ0v) is 20.6. The molecule has 1 aromatic carbocycles. The Morgan fingerprint density at radius 3 is 2.45 bits per heavy atom. The monoisotopic (exact) mass is 550 g/mol. The second-order valence-corrected chi connectivity index (χ2v) is 7.76. The van der Waals surface area contributed by atoms with Crippen molar-refractivity contribution in [3.63, 3.8) is 0 Å².